The molecule has 0 saturated carbocycles. The zero-order chi connectivity index (χ0) is 13.4. The van der Waals surface area contributed by atoms with Crippen LogP contribution in [-0.4, -0.2) is 35.0 Å². The van der Waals surface area contributed by atoms with Gasteiger partial charge in [0, 0.05) is 29.2 Å². The zero-order valence-electron chi connectivity index (χ0n) is 10.5. The van der Waals surface area contributed by atoms with Gasteiger partial charge in [-0.15, -0.1) is 0 Å². The Bertz CT molecular complexity index is 509. The first-order valence-corrected chi connectivity index (χ1v) is 7.39. The molecule has 2 atom stereocenters. The summed E-state index contributed by atoms with van der Waals surface area (Å²) in [6, 6.07) is 5.93. The Morgan fingerprint density at radius 2 is 2.21 bits per heavy atom. The number of anilines is 1. The molecule has 1 aromatic carbocycles. The van der Waals surface area contributed by atoms with E-state index in [1.807, 2.05) is 0 Å². The van der Waals surface area contributed by atoms with Gasteiger partial charge in [-0.2, -0.15) is 0 Å². The maximum absolute atomic E-state index is 11.1. The summed E-state index contributed by atoms with van der Waals surface area (Å²) in [6.45, 7) is 2.27. The van der Waals surface area contributed by atoms with Crippen molar-refractivity contribution in [2.45, 2.75) is 31.3 Å². The number of fused-ring (bicyclic) bond motifs is 1. The molecular weight excluding hydrogens is 310 g/mol. The Kier molecular flexibility index (Phi) is 3.45. The predicted molar refractivity (Wildman–Crippen MR) is 77.4 cm³/mol. The second kappa shape index (κ2) is 5.09. The molecule has 2 aliphatic rings. The van der Waals surface area contributed by atoms with Gasteiger partial charge < -0.3 is 5.32 Å². The number of nitro groups is 1. The van der Waals surface area contributed by atoms with Crippen LogP contribution in [0.25, 0.3) is 0 Å². The van der Waals surface area contributed by atoms with E-state index < -0.39 is 0 Å². The summed E-state index contributed by atoms with van der Waals surface area (Å²) in [5.74, 6) is 0. The van der Waals surface area contributed by atoms with Crippen molar-refractivity contribution in [3.8, 4) is 0 Å². The van der Waals surface area contributed by atoms with Crippen molar-refractivity contribution in [2.24, 2.45) is 0 Å². The molecule has 0 aromatic heterocycles. The number of rotatable bonds is 3. The number of hydrogen-bond acceptors (Lipinski definition) is 4. The van der Waals surface area contributed by atoms with Gasteiger partial charge in [0.05, 0.1) is 4.92 Å². The normalized spacial score (nSPS) is 26.4. The molecule has 0 amide bonds. The molecule has 102 valence electrons. The van der Waals surface area contributed by atoms with Gasteiger partial charge in [-0.1, -0.05) is 15.9 Å². The summed E-state index contributed by atoms with van der Waals surface area (Å²) in [6.07, 6.45) is 3.50. The van der Waals surface area contributed by atoms with Crippen molar-refractivity contribution >= 4 is 27.3 Å². The fraction of sp³-hybridized carbons (Fsp3) is 0.538. The minimum Gasteiger partial charge on any atom is -0.375 e. The van der Waals surface area contributed by atoms with Crippen LogP contribution in [0.2, 0.25) is 0 Å². The molecule has 19 heavy (non-hydrogen) atoms. The van der Waals surface area contributed by atoms with Crippen LogP contribution in [0.3, 0.4) is 0 Å². The van der Waals surface area contributed by atoms with Crippen LogP contribution in [0.1, 0.15) is 19.3 Å². The molecule has 0 spiro atoms. The van der Waals surface area contributed by atoms with Gasteiger partial charge in [-0.25, -0.2) is 0 Å². The third-order valence-corrected chi connectivity index (χ3v) is 4.60. The molecule has 0 radical (unpaired) electrons. The van der Waals surface area contributed by atoms with Crippen LogP contribution in [0.4, 0.5) is 11.4 Å². The molecule has 5 nitrogen and oxygen atoms in total. The van der Waals surface area contributed by atoms with Gasteiger partial charge in [0.2, 0.25) is 0 Å². The third-order valence-electron chi connectivity index (χ3n) is 4.10. The SMILES string of the molecule is O=[N+]([O-])c1ccc(Br)cc1NC1CCN2CCCC12. The van der Waals surface area contributed by atoms with Crippen LogP contribution in [-0.2, 0) is 0 Å². The number of nitro benzene ring substituents is 1. The Morgan fingerprint density at radius 1 is 1.37 bits per heavy atom. The Balaban J connectivity index is 1.83. The van der Waals surface area contributed by atoms with Crippen LogP contribution < -0.4 is 5.32 Å². The molecule has 6 heteroatoms. The van der Waals surface area contributed by atoms with E-state index in [2.05, 4.69) is 26.1 Å². The van der Waals surface area contributed by atoms with Crippen molar-refractivity contribution in [3.05, 3.63) is 32.8 Å². The third kappa shape index (κ3) is 2.47. The standard InChI is InChI=1S/C13H16BrN3O2/c14-9-3-4-13(17(18)19)11(8-9)15-10-5-7-16-6-1-2-12(10)16/h3-4,8,10,12,15H,1-2,5-7H2. The Hall–Kier alpha value is -1.14. The fourth-order valence-corrected chi connectivity index (χ4v) is 3.59. The monoisotopic (exact) mass is 325 g/mol. The molecule has 2 heterocycles. The van der Waals surface area contributed by atoms with E-state index in [-0.39, 0.29) is 10.6 Å². The van der Waals surface area contributed by atoms with Crippen molar-refractivity contribution in [3.63, 3.8) is 0 Å². The van der Waals surface area contributed by atoms with Crippen LogP contribution >= 0.6 is 15.9 Å². The quantitative estimate of drug-likeness (QED) is 0.685. The van der Waals surface area contributed by atoms with E-state index >= 15 is 0 Å². The van der Waals surface area contributed by atoms with E-state index in [1.54, 1.807) is 18.2 Å². The molecule has 2 aliphatic heterocycles. The van der Waals surface area contributed by atoms with Gasteiger partial charge >= 0.3 is 0 Å². The highest BCUT2D eigenvalue weighted by Crippen LogP contribution is 2.34. The minimum absolute atomic E-state index is 0.152. The highest BCUT2D eigenvalue weighted by atomic mass is 79.9. The largest absolute Gasteiger partial charge is 0.375 e. The molecule has 1 N–H and O–H groups in total. The molecular formula is C13H16BrN3O2. The molecule has 0 bridgehead atoms. The summed E-state index contributed by atoms with van der Waals surface area (Å²) in [7, 11) is 0. The first-order chi connectivity index (χ1) is 9.15. The predicted octanol–water partition coefficient (Wildman–Crippen LogP) is 3.01. The molecule has 1 aromatic rings. The Labute approximate surface area is 120 Å². The zero-order valence-corrected chi connectivity index (χ0v) is 12.1. The van der Waals surface area contributed by atoms with E-state index in [0.29, 0.717) is 17.8 Å². The van der Waals surface area contributed by atoms with Crippen molar-refractivity contribution < 1.29 is 4.92 Å². The van der Waals surface area contributed by atoms with Gasteiger partial charge in [-0.05, 0) is 37.9 Å². The number of benzene rings is 1. The first-order valence-electron chi connectivity index (χ1n) is 6.59. The highest BCUT2D eigenvalue weighted by Gasteiger charge is 2.37. The summed E-state index contributed by atoms with van der Waals surface area (Å²) in [4.78, 5) is 13.2. The lowest BCUT2D eigenvalue weighted by Crippen LogP contribution is -2.33. The Morgan fingerprint density at radius 3 is 3.00 bits per heavy atom. The second-order valence-electron chi connectivity index (χ2n) is 5.20. The average molecular weight is 326 g/mol. The topological polar surface area (TPSA) is 58.4 Å². The van der Waals surface area contributed by atoms with Crippen molar-refractivity contribution in [2.75, 3.05) is 18.4 Å². The molecule has 2 unspecified atom stereocenters. The summed E-state index contributed by atoms with van der Waals surface area (Å²) >= 11 is 3.38. The molecule has 2 saturated heterocycles. The summed E-state index contributed by atoms with van der Waals surface area (Å²) in [5, 5.41) is 14.5. The number of nitrogens with zero attached hydrogens (tertiary/aromatic N) is 2. The second-order valence-corrected chi connectivity index (χ2v) is 6.12. The minimum atomic E-state index is -0.323. The van der Waals surface area contributed by atoms with Gasteiger partial charge in [0.15, 0.2) is 0 Å². The maximum Gasteiger partial charge on any atom is 0.292 e. The number of nitrogens with one attached hydrogen (secondary N) is 1. The highest BCUT2D eigenvalue weighted by molar-refractivity contribution is 9.10. The van der Waals surface area contributed by atoms with Gasteiger partial charge in [0.1, 0.15) is 5.69 Å². The van der Waals surface area contributed by atoms with Crippen LogP contribution in [0, 0.1) is 10.1 Å². The van der Waals surface area contributed by atoms with Crippen molar-refractivity contribution in [1.29, 1.82) is 0 Å². The van der Waals surface area contributed by atoms with Gasteiger partial charge in [0.25, 0.3) is 5.69 Å². The fourth-order valence-electron chi connectivity index (χ4n) is 3.23. The summed E-state index contributed by atoms with van der Waals surface area (Å²) < 4.78 is 0.863. The van der Waals surface area contributed by atoms with Crippen molar-refractivity contribution in [1.82, 2.24) is 4.90 Å². The lowest BCUT2D eigenvalue weighted by molar-refractivity contribution is -0.384. The molecule has 2 fully saturated rings. The first kappa shape index (κ1) is 12.9. The molecule has 3 rings (SSSR count). The average Bonchev–Trinajstić information content (AvgIpc) is 2.94. The number of hydrogen-bond donors (Lipinski definition) is 1. The lowest BCUT2D eigenvalue weighted by Gasteiger charge is -2.22. The van der Waals surface area contributed by atoms with E-state index in [1.165, 1.54) is 19.4 Å². The number of halogens is 1. The van der Waals surface area contributed by atoms with Crippen LogP contribution in [0.15, 0.2) is 22.7 Å². The maximum atomic E-state index is 11.1. The van der Waals surface area contributed by atoms with E-state index in [4.69, 9.17) is 0 Å². The van der Waals surface area contributed by atoms with E-state index in [9.17, 15) is 10.1 Å². The smallest absolute Gasteiger partial charge is 0.292 e. The molecule has 0 aliphatic carbocycles. The lowest BCUT2D eigenvalue weighted by atomic mass is 10.1. The van der Waals surface area contributed by atoms with Crippen LogP contribution in [0.5, 0.6) is 0 Å². The van der Waals surface area contributed by atoms with Gasteiger partial charge in [-0.3, -0.25) is 15.0 Å². The summed E-state index contributed by atoms with van der Waals surface area (Å²) in [5.41, 5.74) is 0.776. The van der Waals surface area contributed by atoms with E-state index in [0.717, 1.165) is 17.4 Å².